The number of rotatable bonds is 9. The molecule has 0 heterocycles. The number of halogens is 1. The van der Waals surface area contributed by atoms with Crippen LogP contribution in [0.2, 0.25) is 0 Å². The third-order valence-electron chi connectivity index (χ3n) is 5.97. The van der Waals surface area contributed by atoms with E-state index in [1.54, 1.807) is 6.07 Å². The van der Waals surface area contributed by atoms with E-state index < -0.39 is 10.1 Å². The molecule has 6 heteroatoms. The van der Waals surface area contributed by atoms with Crippen molar-refractivity contribution < 1.29 is 17.7 Å². The van der Waals surface area contributed by atoms with E-state index in [2.05, 4.69) is 28.1 Å². The van der Waals surface area contributed by atoms with E-state index in [1.165, 1.54) is 11.6 Å². The first-order valence-electron chi connectivity index (χ1n) is 11.4. The quantitative estimate of drug-likeness (QED) is 0.220. The summed E-state index contributed by atoms with van der Waals surface area (Å²) in [7, 11) is -4.47. The second-order valence-corrected chi connectivity index (χ2v) is 10.8. The van der Waals surface area contributed by atoms with E-state index in [4.69, 9.17) is 4.74 Å². The Bertz CT molecular complexity index is 1400. The Kier molecular flexibility index (Phi) is 8.06. The largest absolute Gasteiger partial charge is 0.488 e. The van der Waals surface area contributed by atoms with Crippen LogP contribution in [0.1, 0.15) is 28.7 Å². The van der Waals surface area contributed by atoms with Gasteiger partial charge in [-0.2, -0.15) is 8.42 Å². The topological polar surface area (TPSA) is 63.6 Å². The minimum Gasteiger partial charge on any atom is -0.488 e. The van der Waals surface area contributed by atoms with Gasteiger partial charge in [0.1, 0.15) is 17.3 Å². The van der Waals surface area contributed by atoms with Crippen molar-refractivity contribution in [2.24, 2.45) is 0 Å². The Hall–Kier alpha value is -2.93. The van der Waals surface area contributed by atoms with Gasteiger partial charge in [0, 0.05) is 15.6 Å². The SMILES string of the molecule is Cc1ccc(S(=O)(=O)O)c(-c2cc(Br)ccc2OCc2ccccc2)c1CCCc1ccccc1. The summed E-state index contributed by atoms with van der Waals surface area (Å²) in [6, 6.07) is 28.8. The van der Waals surface area contributed by atoms with Crippen LogP contribution in [0.3, 0.4) is 0 Å². The van der Waals surface area contributed by atoms with Gasteiger partial charge in [0.2, 0.25) is 0 Å². The van der Waals surface area contributed by atoms with E-state index in [-0.39, 0.29) is 4.90 Å². The van der Waals surface area contributed by atoms with Gasteiger partial charge in [0.05, 0.1) is 0 Å². The summed E-state index contributed by atoms with van der Waals surface area (Å²) in [4.78, 5) is -0.111. The van der Waals surface area contributed by atoms with E-state index >= 15 is 0 Å². The molecule has 0 unspecified atom stereocenters. The van der Waals surface area contributed by atoms with Gasteiger partial charge in [0.15, 0.2) is 0 Å². The van der Waals surface area contributed by atoms with Crippen molar-refractivity contribution in [3.8, 4) is 16.9 Å². The molecular weight excluding hydrogens is 524 g/mol. The maximum atomic E-state index is 12.5. The Morgan fingerprint density at radius 2 is 1.49 bits per heavy atom. The molecule has 0 aromatic heterocycles. The van der Waals surface area contributed by atoms with Crippen LogP contribution in [0.25, 0.3) is 11.1 Å². The lowest BCUT2D eigenvalue weighted by Crippen LogP contribution is -2.07. The summed E-state index contributed by atoms with van der Waals surface area (Å²) in [5.41, 5.74) is 5.20. The molecule has 4 rings (SSSR count). The second-order valence-electron chi connectivity index (χ2n) is 8.46. The molecule has 180 valence electrons. The zero-order chi connectivity index (χ0) is 24.8. The zero-order valence-electron chi connectivity index (χ0n) is 19.4. The average molecular weight is 552 g/mol. The molecule has 0 aliphatic carbocycles. The maximum Gasteiger partial charge on any atom is 0.295 e. The van der Waals surface area contributed by atoms with Crippen LogP contribution in [0.4, 0.5) is 0 Å². The molecule has 0 aliphatic rings. The summed E-state index contributed by atoms with van der Waals surface area (Å²) < 4.78 is 42.0. The van der Waals surface area contributed by atoms with Crippen molar-refractivity contribution in [1.29, 1.82) is 0 Å². The molecule has 0 amide bonds. The van der Waals surface area contributed by atoms with E-state index in [0.717, 1.165) is 34.0 Å². The molecule has 0 fully saturated rings. The highest BCUT2D eigenvalue weighted by Gasteiger charge is 2.24. The number of hydrogen-bond donors (Lipinski definition) is 1. The lowest BCUT2D eigenvalue weighted by atomic mass is 9.91. The lowest BCUT2D eigenvalue weighted by Gasteiger charge is -2.20. The maximum absolute atomic E-state index is 12.5. The van der Waals surface area contributed by atoms with Gasteiger partial charge in [-0.05, 0) is 72.7 Å². The van der Waals surface area contributed by atoms with Crippen molar-refractivity contribution in [1.82, 2.24) is 0 Å². The monoisotopic (exact) mass is 550 g/mol. The van der Waals surface area contributed by atoms with Gasteiger partial charge in [0.25, 0.3) is 10.1 Å². The van der Waals surface area contributed by atoms with Crippen LogP contribution in [0.15, 0.2) is 100 Å². The Labute approximate surface area is 215 Å². The minimum atomic E-state index is -4.47. The molecule has 0 spiro atoms. The van der Waals surface area contributed by atoms with Crippen LogP contribution in [-0.2, 0) is 29.6 Å². The highest BCUT2D eigenvalue weighted by Crippen LogP contribution is 2.41. The first-order valence-corrected chi connectivity index (χ1v) is 13.7. The highest BCUT2D eigenvalue weighted by molar-refractivity contribution is 9.10. The Morgan fingerprint density at radius 1 is 0.829 bits per heavy atom. The van der Waals surface area contributed by atoms with Crippen LogP contribution in [-0.4, -0.2) is 13.0 Å². The van der Waals surface area contributed by atoms with Crippen LogP contribution < -0.4 is 4.74 Å². The molecule has 0 atom stereocenters. The normalized spacial score (nSPS) is 11.4. The molecule has 35 heavy (non-hydrogen) atoms. The standard InChI is InChI=1S/C29H27BrO4S/c1-21-15-18-28(35(31,32)33)29(25(21)14-8-13-22-9-4-2-5-10-22)26-19-24(30)16-17-27(26)34-20-23-11-6-3-7-12-23/h2-7,9-12,15-19H,8,13-14,20H2,1H3,(H,31,32,33). The van der Waals surface area contributed by atoms with Gasteiger partial charge in [-0.1, -0.05) is 82.7 Å². The molecule has 0 saturated carbocycles. The van der Waals surface area contributed by atoms with Crippen molar-refractivity contribution in [3.63, 3.8) is 0 Å². The summed E-state index contributed by atoms with van der Waals surface area (Å²) in [6.07, 6.45) is 2.36. The van der Waals surface area contributed by atoms with Gasteiger partial charge >= 0.3 is 0 Å². The van der Waals surface area contributed by atoms with Gasteiger partial charge in [-0.3, -0.25) is 4.55 Å². The number of benzene rings is 4. The van der Waals surface area contributed by atoms with E-state index in [1.807, 2.05) is 73.7 Å². The number of aryl methyl sites for hydroxylation is 2. The predicted molar refractivity (Wildman–Crippen MR) is 143 cm³/mol. The summed E-state index contributed by atoms with van der Waals surface area (Å²) in [6.45, 7) is 2.31. The number of hydrogen-bond acceptors (Lipinski definition) is 3. The smallest absolute Gasteiger partial charge is 0.295 e. The predicted octanol–water partition coefficient (Wildman–Crippen LogP) is 7.43. The summed E-state index contributed by atoms with van der Waals surface area (Å²) in [5.74, 6) is 0.553. The van der Waals surface area contributed by atoms with Crippen molar-refractivity contribution >= 4 is 26.0 Å². The summed E-state index contributed by atoms with van der Waals surface area (Å²) >= 11 is 3.52. The molecule has 4 aromatic rings. The van der Waals surface area contributed by atoms with Crippen molar-refractivity contribution in [2.75, 3.05) is 0 Å². The van der Waals surface area contributed by atoms with Gasteiger partial charge in [-0.25, -0.2) is 0 Å². The van der Waals surface area contributed by atoms with Crippen LogP contribution >= 0.6 is 15.9 Å². The second kappa shape index (κ2) is 11.2. The first-order chi connectivity index (χ1) is 16.8. The Balaban J connectivity index is 1.77. The lowest BCUT2D eigenvalue weighted by molar-refractivity contribution is 0.307. The fourth-order valence-electron chi connectivity index (χ4n) is 4.24. The summed E-state index contributed by atoms with van der Waals surface area (Å²) in [5, 5.41) is 0. The van der Waals surface area contributed by atoms with Crippen molar-refractivity contribution in [3.05, 3.63) is 118 Å². The van der Waals surface area contributed by atoms with Crippen LogP contribution in [0, 0.1) is 6.92 Å². The molecule has 0 aliphatic heterocycles. The fraction of sp³-hybridized carbons (Fsp3) is 0.172. The molecule has 0 radical (unpaired) electrons. The molecular formula is C29H27BrO4S. The third-order valence-corrected chi connectivity index (χ3v) is 7.36. The van der Waals surface area contributed by atoms with Crippen LogP contribution in [0.5, 0.6) is 5.75 Å². The average Bonchev–Trinajstić information content (AvgIpc) is 2.84. The van der Waals surface area contributed by atoms with E-state index in [0.29, 0.717) is 29.9 Å². The minimum absolute atomic E-state index is 0.111. The highest BCUT2D eigenvalue weighted by atomic mass is 79.9. The molecule has 0 saturated heterocycles. The number of ether oxygens (including phenoxy) is 1. The molecule has 0 bridgehead atoms. The van der Waals surface area contributed by atoms with Gasteiger partial charge < -0.3 is 4.74 Å². The van der Waals surface area contributed by atoms with E-state index in [9.17, 15) is 13.0 Å². The third kappa shape index (κ3) is 6.40. The fourth-order valence-corrected chi connectivity index (χ4v) is 5.33. The Morgan fingerprint density at radius 3 is 2.14 bits per heavy atom. The van der Waals surface area contributed by atoms with Crippen molar-refractivity contribution in [2.45, 2.75) is 37.7 Å². The first kappa shape index (κ1) is 25.2. The molecule has 4 aromatic carbocycles. The zero-order valence-corrected chi connectivity index (χ0v) is 21.8. The molecule has 1 N–H and O–H groups in total. The van der Waals surface area contributed by atoms with Gasteiger partial charge in [-0.15, -0.1) is 0 Å². The molecule has 4 nitrogen and oxygen atoms in total.